The normalized spacial score (nSPS) is 20.9. The van der Waals surface area contributed by atoms with E-state index in [9.17, 15) is 9.90 Å². The van der Waals surface area contributed by atoms with Gasteiger partial charge in [-0.3, -0.25) is 4.79 Å². The van der Waals surface area contributed by atoms with Gasteiger partial charge in [-0.25, -0.2) is 0 Å². The maximum Gasteiger partial charge on any atom is 0.309 e. The minimum Gasteiger partial charge on any atom is -0.490 e. The average Bonchev–Trinajstić information content (AvgIpc) is 2.69. The molecular formula is C15H20O3. The molecule has 0 fully saturated rings. The smallest absolute Gasteiger partial charge is 0.309 e. The molecule has 2 rings (SSSR count). The first-order valence-corrected chi connectivity index (χ1v) is 6.44. The van der Waals surface area contributed by atoms with Crippen molar-refractivity contribution in [1.29, 1.82) is 0 Å². The van der Waals surface area contributed by atoms with Gasteiger partial charge in [-0.2, -0.15) is 0 Å². The number of rotatable bonds is 4. The summed E-state index contributed by atoms with van der Waals surface area (Å²) < 4.78 is 5.85. The van der Waals surface area contributed by atoms with Gasteiger partial charge in [-0.1, -0.05) is 24.6 Å². The van der Waals surface area contributed by atoms with Crippen LogP contribution in [0.25, 0.3) is 0 Å². The first kappa shape index (κ1) is 12.9. The van der Waals surface area contributed by atoms with Crippen LogP contribution < -0.4 is 4.74 Å². The lowest BCUT2D eigenvalue weighted by atomic mass is 9.81. The molecule has 0 amide bonds. The van der Waals surface area contributed by atoms with Gasteiger partial charge in [0.15, 0.2) is 0 Å². The van der Waals surface area contributed by atoms with Gasteiger partial charge in [0, 0.05) is 12.8 Å². The second kappa shape index (κ2) is 4.63. The summed E-state index contributed by atoms with van der Waals surface area (Å²) >= 11 is 0. The fourth-order valence-corrected chi connectivity index (χ4v) is 2.45. The number of carbonyl (C=O) groups is 1. The Morgan fingerprint density at radius 3 is 2.89 bits per heavy atom. The lowest BCUT2D eigenvalue weighted by Gasteiger charge is -2.26. The van der Waals surface area contributed by atoms with Crippen LogP contribution in [0.2, 0.25) is 0 Å². The fraction of sp³-hybridized carbons (Fsp3) is 0.533. The molecule has 3 heteroatoms. The Morgan fingerprint density at radius 1 is 1.56 bits per heavy atom. The molecule has 2 unspecified atom stereocenters. The summed E-state index contributed by atoms with van der Waals surface area (Å²) in [5, 5.41) is 9.30. The molecule has 1 aromatic carbocycles. The van der Waals surface area contributed by atoms with Gasteiger partial charge >= 0.3 is 5.97 Å². The number of hydrogen-bond acceptors (Lipinski definition) is 2. The molecule has 98 valence electrons. The number of carboxylic acids is 1. The van der Waals surface area contributed by atoms with Gasteiger partial charge in [0.2, 0.25) is 0 Å². The minimum absolute atomic E-state index is 0.0113. The topological polar surface area (TPSA) is 46.5 Å². The van der Waals surface area contributed by atoms with Crippen molar-refractivity contribution >= 4 is 5.97 Å². The molecule has 18 heavy (non-hydrogen) atoms. The molecule has 0 spiro atoms. The molecule has 1 N–H and O–H groups in total. The molecule has 3 nitrogen and oxygen atoms in total. The van der Waals surface area contributed by atoms with Gasteiger partial charge in [-0.15, -0.1) is 0 Å². The molecule has 0 aromatic heterocycles. The van der Waals surface area contributed by atoms with Crippen molar-refractivity contribution in [3.8, 4) is 5.75 Å². The number of hydrogen-bond donors (Lipinski definition) is 1. The molecule has 1 aliphatic rings. The van der Waals surface area contributed by atoms with Crippen molar-refractivity contribution in [3.63, 3.8) is 0 Å². The maximum absolute atomic E-state index is 11.3. The van der Waals surface area contributed by atoms with Crippen LogP contribution >= 0.6 is 0 Å². The molecular weight excluding hydrogens is 228 g/mol. The zero-order valence-electron chi connectivity index (χ0n) is 11.2. The van der Waals surface area contributed by atoms with E-state index in [0.29, 0.717) is 12.8 Å². The minimum atomic E-state index is -0.735. The van der Waals surface area contributed by atoms with E-state index in [-0.39, 0.29) is 6.10 Å². The van der Waals surface area contributed by atoms with Gasteiger partial charge in [0.1, 0.15) is 11.9 Å². The fourth-order valence-electron chi connectivity index (χ4n) is 2.45. The third-order valence-corrected chi connectivity index (χ3v) is 3.93. The standard InChI is InChI=1S/C15H20O3/c1-4-15(3,14(16)17)9-12-8-11-7-10(2)5-6-13(11)18-12/h5-7,12H,4,8-9H2,1-3H3,(H,16,17). The van der Waals surface area contributed by atoms with Crippen LogP contribution in [0.5, 0.6) is 5.75 Å². The van der Waals surface area contributed by atoms with Gasteiger partial charge < -0.3 is 9.84 Å². The maximum atomic E-state index is 11.3. The largest absolute Gasteiger partial charge is 0.490 e. The van der Waals surface area contributed by atoms with E-state index in [1.807, 2.05) is 19.1 Å². The van der Waals surface area contributed by atoms with Crippen LogP contribution in [0.15, 0.2) is 18.2 Å². The molecule has 1 aliphatic heterocycles. The van der Waals surface area contributed by atoms with E-state index in [1.165, 1.54) is 11.1 Å². The number of ether oxygens (including phenoxy) is 1. The van der Waals surface area contributed by atoms with Crippen LogP contribution in [0.1, 0.15) is 37.8 Å². The van der Waals surface area contributed by atoms with Crippen molar-refractivity contribution in [1.82, 2.24) is 0 Å². The van der Waals surface area contributed by atoms with E-state index in [4.69, 9.17) is 4.74 Å². The number of aliphatic carboxylic acids is 1. The van der Waals surface area contributed by atoms with Crippen molar-refractivity contribution in [2.24, 2.45) is 5.41 Å². The highest BCUT2D eigenvalue weighted by Crippen LogP contribution is 2.36. The summed E-state index contributed by atoms with van der Waals surface area (Å²) in [7, 11) is 0. The molecule has 0 bridgehead atoms. The summed E-state index contributed by atoms with van der Waals surface area (Å²) in [6.07, 6.45) is 1.99. The second-order valence-corrected chi connectivity index (χ2v) is 5.48. The zero-order valence-corrected chi connectivity index (χ0v) is 11.2. The average molecular weight is 248 g/mol. The van der Waals surface area contributed by atoms with Crippen LogP contribution in [0.3, 0.4) is 0 Å². The lowest BCUT2D eigenvalue weighted by molar-refractivity contribution is -0.149. The molecule has 0 saturated heterocycles. The third-order valence-electron chi connectivity index (χ3n) is 3.93. The summed E-state index contributed by atoms with van der Waals surface area (Å²) in [5.41, 5.74) is 1.72. The molecule has 1 aromatic rings. The Labute approximate surface area is 108 Å². The van der Waals surface area contributed by atoms with Crippen LogP contribution in [0.4, 0.5) is 0 Å². The van der Waals surface area contributed by atoms with Gasteiger partial charge in [0.05, 0.1) is 5.41 Å². The Bertz CT molecular complexity index is 467. The first-order chi connectivity index (χ1) is 8.44. The predicted octanol–water partition coefficient (Wildman–Crippen LogP) is 3.19. The Hall–Kier alpha value is -1.51. The Balaban J connectivity index is 2.10. The predicted molar refractivity (Wildman–Crippen MR) is 69.9 cm³/mol. The second-order valence-electron chi connectivity index (χ2n) is 5.48. The molecule has 0 radical (unpaired) electrons. The molecule has 2 atom stereocenters. The van der Waals surface area contributed by atoms with Crippen molar-refractivity contribution in [2.45, 2.75) is 46.1 Å². The highest BCUT2D eigenvalue weighted by atomic mass is 16.5. The van der Waals surface area contributed by atoms with E-state index >= 15 is 0 Å². The quantitative estimate of drug-likeness (QED) is 0.890. The monoisotopic (exact) mass is 248 g/mol. The number of aryl methyl sites for hydroxylation is 1. The number of benzene rings is 1. The van der Waals surface area contributed by atoms with E-state index in [1.54, 1.807) is 6.92 Å². The van der Waals surface area contributed by atoms with E-state index in [2.05, 4.69) is 13.0 Å². The van der Waals surface area contributed by atoms with Gasteiger partial charge in [0.25, 0.3) is 0 Å². The summed E-state index contributed by atoms with van der Waals surface area (Å²) in [4.78, 5) is 11.3. The summed E-state index contributed by atoms with van der Waals surface area (Å²) in [6, 6.07) is 6.13. The highest BCUT2D eigenvalue weighted by Gasteiger charge is 2.37. The van der Waals surface area contributed by atoms with Crippen molar-refractivity contribution < 1.29 is 14.6 Å². The lowest BCUT2D eigenvalue weighted by Crippen LogP contribution is -2.33. The first-order valence-electron chi connectivity index (χ1n) is 6.44. The number of carboxylic acid groups (broad SMARTS) is 1. The third kappa shape index (κ3) is 2.35. The highest BCUT2D eigenvalue weighted by molar-refractivity contribution is 5.74. The number of fused-ring (bicyclic) bond motifs is 1. The molecule has 0 saturated carbocycles. The van der Waals surface area contributed by atoms with Crippen LogP contribution in [0, 0.1) is 12.3 Å². The van der Waals surface area contributed by atoms with E-state index < -0.39 is 11.4 Å². The van der Waals surface area contributed by atoms with Crippen molar-refractivity contribution in [2.75, 3.05) is 0 Å². The Kier molecular flexibility index (Phi) is 3.33. The molecule has 1 heterocycles. The van der Waals surface area contributed by atoms with Gasteiger partial charge in [-0.05, 0) is 31.9 Å². The van der Waals surface area contributed by atoms with Crippen LogP contribution in [-0.2, 0) is 11.2 Å². The van der Waals surface area contributed by atoms with Crippen molar-refractivity contribution in [3.05, 3.63) is 29.3 Å². The summed E-state index contributed by atoms with van der Waals surface area (Å²) in [5.74, 6) is 0.176. The Morgan fingerprint density at radius 2 is 2.28 bits per heavy atom. The zero-order chi connectivity index (χ0) is 13.3. The van der Waals surface area contributed by atoms with E-state index in [0.717, 1.165) is 12.2 Å². The summed E-state index contributed by atoms with van der Waals surface area (Å²) in [6.45, 7) is 5.77. The SMILES string of the molecule is CCC(C)(CC1Cc2cc(C)ccc2O1)C(=O)O. The molecule has 0 aliphatic carbocycles. The van der Waals surface area contributed by atoms with Crippen LogP contribution in [-0.4, -0.2) is 17.2 Å².